The number of carbonyl (C=O) groups excluding carboxylic acids is 1. The molecule has 15 heavy (non-hydrogen) atoms. The van der Waals surface area contributed by atoms with Gasteiger partial charge in [0.05, 0.1) is 6.61 Å². The topological polar surface area (TPSA) is 64.4 Å². The van der Waals surface area contributed by atoms with Gasteiger partial charge in [-0.15, -0.1) is 0 Å². The highest BCUT2D eigenvalue weighted by molar-refractivity contribution is 5.74. The molecule has 0 saturated heterocycles. The lowest BCUT2D eigenvalue weighted by molar-refractivity contribution is -0.122. The highest BCUT2D eigenvalue weighted by Crippen LogP contribution is 2.22. The van der Waals surface area contributed by atoms with Crippen molar-refractivity contribution in [3.8, 4) is 0 Å². The largest absolute Gasteiger partial charge is 0.370 e. The van der Waals surface area contributed by atoms with Gasteiger partial charge >= 0.3 is 0 Å². The van der Waals surface area contributed by atoms with Gasteiger partial charge in [-0.1, -0.05) is 19.3 Å². The lowest BCUT2D eigenvalue weighted by Crippen LogP contribution is -2.28. The van der Waals surface area contributed by atoms with Gasteiger partial charge in [-0.2, -0.15) is 0 Å². The first kappa shape index (κ1) is 12.5. The Morgan fingerprint density at radius 3 is 2.73 bits per heavy atom. The molecule has 1 fully saturated rings. The smallest absolute Gasteiger partial charge is 0.243 e. The van der Waals surface area contributed by atoms with E-state index in [2.05, 4.69) is 5.32 Å². The van der Waals surface area contributed by atoms with Crippen LogP contribution in [0.25, 0.3) is 0 Å². The van der Waals surface area contributed by atoms with E-state index in [0.29, 0.717) is 6.61 Å². The zero-order valence-electron chi connectivity index (χ0n) is 9.34. The normalized spacial score (nSPS) is 17.9. The number of amides is 1. The van der Waals surface area contributed by atoms with Crippen molar-refractivity contribution < 1.29 is 9.53 Å². The van der Waals surface area contributed by atoms with E-state index < -0.39 is 5.91 Å². The Labute approximate surface area is 91.5 Å². The van der Waals surface area contributed by atoms with Crippen molar-refractivity contribution in [3.63, 3.8) is 0 Å². The molecule has 1 saturated carbocycles. The second kappa shape index (κ2) is 7.65. The van der Waals surface area contributed by atoms with E-state index in [1.807, 2.05) is 0 Å². The van der Waals surface area contributed by atoms with Crippen molar-refractivity contribution in [3.05, 3.63) is 0 Å². The minimum Gasteiger partial charge on any atom is -0.370 e. The highest BCUT2D eigenvalue weighted by atomic mass is 16.5. The molecule has 4 nitrogen and oxygen atoms in total. The molecular formula is C11H22N2O2. The molecule has 1 aliphatic rings. The molecule has 0 spiro atoms. The minimum atomic E-state index is -0.401. The van der Waals surface area contributed by atoms with Crippen molar-refractivity contribution in [2.45, 2.75) is 32.1 Å². The maximum absolute atomic E-state index is 10.4. The molecule has 3 N–H and O–H groups in total. The predicted octanol–water partition coefficient (Wildman–Crippen LogP) is 0.658. The zero-order valence-corrected chi connectivity index (χ0v) is 9.34. The number of ether oxygens (including phenoxy) is 1. The molecule has 1 rings (SSSR count). The lowest BCUT2D eigenvalue weighted by atomic mass is 9.89. The van der Waals surface area contributed by atoms with Gasteiger partial charge in [0, 0.05) is 6.54 Å². The molecule has 0 unspecified atom stereocenters. The first-order valence-electron chi connectivity index (χ1n) is 5.86. The summed E-state index contributed by atoms with van der Waals surface area (Å²) in [5.41, 5.74) is 4.94. The Morgan fingerprint density at radius 1 is 1.33 bits per heavy atom. The van der Waals surface area contributed by atoms with E-state index in [4.69, 9.17) is 10.5 Å². The fourth-order valence-corrected chi connectivity index (χ4v) is 2.01. The average Bonchev–Trinajstić information content (AvgIpc) is 2.24. The zero-order chi connectivity index (χ0) is 10.9. The van der Waals surface area contributed by atoms with Crippen molar-refractivity contribution >= 4 is 5.91 Å². The molecule has 0 aliphatic heterocycles. The third kappa shape index (κ3) is 6.47. The van der Waals surface area contributed by atoms with Gasteiger partial charge in [0.1, 0.15) is 6.61 Å². The van der Waals surface area contributed by atoms with Gasteiger partial charge in [-0.3, -0.25) is 4.79 Å². The van der Waals surface area contributed by atoms with Crippen LogP contribution < -0.4 is 11.1 Å². The summed E-state index contributed by atoms with van der Waals surface area (Å²) in [6, 6.07) is 0. The summed E-state index contributed by atoms with van der Waals surface area (Å²) < 4.78 is 5.05. The Bertz CT molecular complexity index is 179. The molecule has 0 aromatic heterocycles. The summed E-state index contributed by atoms with van der Waals surface area (Å²) in [6.07, 6.45) is 6.87. The predicted molar refractivity (Wildman–Crippen MR) is 59.5 cm³/mol. The van der Waals surface area contributed by atoms with E-state index in [9.17, 15) is 4.79 Å². The minimum absolute atomic E-state index is 0.0328. The van der Waals surface area contributed by atoms with E-state index >= 15 is 0 Å². The summed E-state index contributed by atoms with van der Waals surface area (Å²) in [5, 5.41) is 3.35. The van der Waals surface area contributed by atoms with E-state index in [1.165, 1.54) is 32.1 Å². The molecule has 4 heteroatoms. The van der Waals surface area contributed by atoms with Crippen molar-refractivity contribution in [1.29, 1.82) is 0 Å². The fraction of sp³-hybridized carbons (Fsp3) is 0.909. The second-order valence-electron chi connectivity index (χ2n) is 4.23. The summed E-state index contributed by atoms with van der Waals surface area (Å²) in [5.74, 6) is 0.442. The number of rotatable bonds is 7. The second-order valence-corrected chi connectivity index (χ2v) is 4.23. The molecule has 0 aromatic rings. The van der Waals surface area contributed by atoms with E-state index in [1.54, 1.807) is 0 Å². The molecule has 1 amide bonds. The average molecular weight is 214 g/mol. The van der Waals surface area contributed by atoms with Gasteiger partial charge < -0.3 is 15.8 Å². The monoisotopic (exact) mass is 214 g/mol. The molecule has 0 aromatic carbocycles. The molecule has 1 aliphatic carbocycles. The van der Waals surface area contributed by atoms with Gasteiger partial charge in [0.25, 0.3) is 0 Å². The van der Waals surface area contributed by atoms with Gasteiger partial charge in [0.15, 0.2) is 0 Å². The molecule has 0 radical (unpaired) electrons. The van der Waals surface area contributed by atoms with Crippen molar-refractivity contribution in [2.24, 2.45) is 11.7 Å². The lowest BCUT2D eigenvalue weighted by Gasteiger charge is -2.21. The molecule has 0 bridgehead atoms. The van der Waals surface area contributed by atoms with Crippen LogP contribution in [0.5, 0.6) is 0 Å². The number of hydrogen-bond acceptors (Lipinski definition) is 3. The Hall–Kier alpha value is -0.610. The number of carbonyl (C=O) groups is 1. The number of hydrogen-bond donors (Lipinski definition) is 2. The third-order valence-electron chi connectivity index (χ3n) is 2.83. The fourth-order valence-electron chi connectivity index (χ4n) is 2.01. The third-order valence-corrected chi connectivity index (χ3v) is 2.83. The van der Waals surface area contributed by atoms with Crippen LogP contribution in [-0.2, 0) is 9.53 Å². The summed E-state index contributed by atoms with van der Waals surface area (Å²) >= 11 is 0. The van der Waals surface area contributed by atoms with Crippen LogP contribution in [0.4, 0.5) is 0 Å². The Morgan fingerprint density at radius 2 is 2.07 bits per heavy atom. The molecular weight excluding hydrogens is 192 g/mol. The van der Waals surface area contributed by atoms with Crippen LogP contribution >= 0.6 is 0 Å². The van der Waals surface area contributed by atoms with Crippen LogP contribution in [0.3, 0.4) is 0 Å². The van der Waals surface area contributed by atoms with E-state index in [-0.39, 0.29) is 6.61 Å². The molecule has 0 atom stereocenters. The van der Waals surface area contributed by atoms with Crippen LogP contribution in [0, 0.1) is 5.92 Å². The van der Waals surface area contributed by atoms with Crippen molar-refractivity contribution in [1.82, 2.24) is 5.32 Å². The Balaban J connectivity index is 1.85. The number of nitrogens with two attached hydrogens (primary N) is 1. The summed E-state index contributed by atoms with van der Waals surface area (Å²) in [7, 11) is 0. The quantitative estimate of drug-likeness (QED) is 0.612. The summed E-state index contributed by atoms with van der Waals surface area (Å²) in [4.78, 5) is 10.4. The maximum atomic E-state index is 10.4. The SMILES string of the molecule is NC(=O)COCCNCC1CCCCC1. The van der Waals surface area contributed by atoms with Crippen LogP contribution in [0.15, 0.2) is 0 Å². The standard InChI is InChI=1S/C11H22N2O2/c12-11(14)9-15-7-6-13-8-10-4-2-1-3-5-10/h10,13H,1-9H2,(H2,12,14). The van der Waals surface area contributed by atoms with Gasteiger partial charge in [-0.25, -0.2) is 0 Å². The van der Waals surface area contributed by atoms with Crippen molar-refractivity contribution in [2.75, 3.05) is 26.3 Å². The van der Waals surface area contributed by atoms with Gasteiger partial charge in [-0.05, 0) is 25.3 Å². The maximum Gasteiger partial charge on any atom is 0.243 e. The molecule has 88 valence electrons. The molecule has 0 heterocycles. The highest BCUT2D eigenvalue weighted by Gasteiger charge is 2.12. The number of primary amides is 1. The summed E-state index contributed by atoms with van der Waals surface area (Å²) in [6.45, 7) is 2.49. The Kier molecular flexibility index (Phi) is 6.36. The number of nitrogens with one attached hydrogen (secondary N) is 1. The van der Waals surface area contributed by atoms with Crippen LogP contribution in [0.1, 0.15) is 32.1 Å². The van der Waals surface area contributed by atoms with Gasteiger partial charge in [0.2, 0.25) is 5.91 Å². The first-order chi connectivity index (χ1) is 7.29. The van der Waals surface area contributed by atoms with E-state index in [0.717, 1.165) is 19.0 Å². The first-order valence-corrected chi connectivity index (χ1v) is 5.86. The van der Waals surface area contributed by atoms with Crippen LogP contribution in [-0.4, -0.2) is 32.2 Å². The van der Waals surface area contributed by atoms with Crippen LogP contribution in [0.2, 0.25) is 0 Å².